The minimum atomic E-state index is 0.159. The Morgan fingerprint density at radius 3 is 2.35 bits per heavy atom. The van der Waals surface area contributed by atoms with E-state index in [4.69, 9.17) is 4.74 Å². The summed E-state index contributed by atoms with van der Waals surface area (Å²) in [6.07, 6.45) is 8.52. The van der Waals surface area contributed by atoms with Crippen LogP contribution in [-0.2, 0) is 11.2 Å². The van der Waals surface area contributed by atoms with Crippen molar-refractivity contribution in [2.45, 2.75) is 32.8 Å². The van der Waals surface area contributed by atoms with Crippen molar-refractivity contribution in [3.05, 3.63) is 89.7 Å². The minimum absolute atomic E-state index is 0.159. The van der Waals surface area contributed by atoms with Gasteiger partial charge in [-0.2, -0.15) is 0 Å². The van der Waals surface area contributed by atoms with Gasteiger partial charge in [0, 0.05) is 12.1 Å². The number of fused-ring (bicyclic) bond motifs is 1. The fraction of sp³-hybridized carbons (Fsp3) is 0.185. The zero-order chi connectivity index (χ0) is 21.6. The van der Waals surface area contributed by atoms with Crippen molar-refractivity contribution in [2.75, 3.05) is 0 Å². The maximum atomic E-state index is 10.5. The van der Waals surface area contributed by atoms with Gasteiger partial charge in [0.25, 0.3) is 0 Å². The molecular formula is C27H26N2O2. The van der Waals surface area contributed by atoms with E-state index in [1.165, 1.54) is 5.56 Å². The highest BCUT2D eigenvalue weighted by atomic mass is 16.5. The molecule has 1 aromatic heterocycles. The molecular weight excluding hydrogens is 384 g/mol. The van der Waals surface area contributed by atoms with E-state index in [-0.39, 0.29) is 6.10 Å². The second-order valence-electron chi connectivity index (χ2n) is 7.80. The number of aldehydes is 1. The summed E-state index contributed by atoms with van der Waals surface area (Å²) in [5.74, 6) is 0.868. The van der Waals surface area contributed by atoms with Gasteiger partial charge in [0.05, 0.1) is 17.1 Å². The molecule has 0 aliphatic rings. The van der Waals surface area contributed by atoms with E-state index in [0.29, 0.717) is 6.42 Å². The molecule has 4 aromatic rings. The molecule has 156 valence electrons. The van der Waals surface area contributed by atoms with Gasteiger partial charge in [-0.1, -0.05) is 42.5 Å². The molecule has 0 saturated carbocycles. The molecule has 31 heavy (non-hydrogen) atoms. The first kappa shape index (κ1) is 20.6. The highest BCUT2D eigenvalue weighted by molar-refractivity contribution is 5.82. The average molecular weight is 411 g/mol. The lowest BCUT2D eigenvalue weighted by atomic mass is 10.1. The molecule has 0 aliphatic carbocycles. The predicted molar refractivity (Wildman–Crippen MR) is 127 cm³/mol. The molecule has 0 bridgehead atoms. The molecule has 0 atom stereocenters. The monoisotopic (exact) mass is 410 g/mol. The van der Waals surface area contributed by atoms with Gasteiger partial charge in [-0.15, -0.1) is 0 Å². The highest BCUT2D eigenvalue weighted by Crippen LogP contribution is 2.23. The Balaban J connectivity index is 1.50. The van der Waals surface area contributed by atoms with Gasteiger partial charge in [-0.05, 0) is 73.4 Å². The first-order chi connectivity index (χ1) is 15.1. The van der Waals surface area contributed by atoms with E-state index in [1.54, 1.807) is 0 Å². The zero-order valence-corrected chi connectivity index (χ0v) is 17.9. The lowest BCUT2D eigenvalue weighted by molar-refractivity contribution is -0.107. The SMILES string of the molecule is CC(C)Oc1ccc(-n2cnc3cc(C=Cc4ccc(CCC=O)cc4)ccc32)cc1. The predicted octanol–water partition coefficient (Wildman–Crippen LogP) is 6.11. The number of carbonyl (C=O) groups is 1. The molecule has 0 aliphatic heterocycles. The third-order valence-corrected chi connectivity index (χ3v) is 5.06. The van der Waals surface area contributed by atoms with Crippen LogP contribution in [0.1, 0.15) is 37.0 Å². The molecule has 3 aromatic carbocycles. The van der Waals surface area contributed by atoms with Crippen molar-refractivity contribution in [3.63, 3.8) is 0 Å². The molecule has 4 nitrogen and oxygen atoms in total. The smallest absolute Gasteiger partial charge is 0.120 e. The Morgan fingerprint density at radius 1 is 0.935 bits per heavy atom. The Morgan fingerprint density at radius 2 is 1.65 bits per heavy atom. The molecule has 0 radical (unpaired) electrons. The van der Waals surface area contributed by atoms with Crippen LogP contribution in [0.5, 0.6) is 5.75 Å². The Hall–Kier alpha value is -3.66. The number of carbonyl (C=O) groups excluding carboxylic acids is 1. The molecule has 0 spiro atoms. The second-order valence-corrected chi connectivity index (χ2v) is 7.80. The van der Waals surface area contributed by atoms with Crippen molar-refractivity contribution >= 4 is 29.5 Å². The van der Waals surface area contributed by atoms with Gasteiger partial charge >= 0.3 is 0 Å². The van der Waals surface area contributed by atoms with E-state index in [1.807, 2.05) is 44.4 Å². The van der Waals surface area contributed by atoms with Crippen molar-refractivity contribution in [1.29, 1.82) is 0 Å². The lowest BCUT2D eigenvalue weighted by Gasteiger charge is -2.10. The van der Waals surface area contributed by atoms with E-state index in [9.17, 15) is 4.79 Å². The zero-order valence-electron chi connectivity index (χ0n) is 17.9. The van der Waals surface area contributed by atoms with Crippen LogP contribution in [0.25, 0.3) is 28.9 Å². The van der Waals surface area contributed by atoms with Gasteiger partial charge in [0.2, 0.25) is 0 Å². The summed E-state index contributed by atoms with van der Waals surface area (Å²) in [6, 6.07) is 22.7. The number of imidazole rings is 1. The van der Waals surface area contributed by atoms with Crippen LogP contribution in [-0.4, -0.2) is 21.9 Å². The Labute approximate surface area is 182 Å². The molecule has 4 rings (SSSR count). The molecule has 0 amide bonds. The number of aryl methyl sites for hydroxylation is 1. The van der Waals surface area contributed by atoms with Crippen LogP contribution in [0.4, 0.5) is 0 Å². The van der Waals surface area contributed by atoms with Crippen LogP contribution in [0.15, 0.2) is 73.1 Å². The van der Waals surface area contributed by atoms with E-state index >= 15 is 0 Å². The number of rotatable bonds is 8. The Bertz CT molecular complexity index is 1190. The summed E-state index contributed by atoms with van der Waals surface area (Å²) in [4.78, 5) is 15.1. The van der Waals surface area contributed by atoms with Crippen molar-refractivity contribution in [1.82, 2.24) is 9.55 Å². The largest absolute Gasteiger partial charge is 0.491 e. The third kappa shape index (κ3) is 5.10. The van der Waals surface area contributed by atoms with E-state index in [0.717, 1.165) is 46.3 Å². The maximum Gasteiger partial charge on any atom is 0.120 e. The topological polar surface area (TPSA) is 44.1 Å². The maximum absolute atomic E-state index is 10.5. The number of benzene rings is 3. The van der Waals surface area contributed by atoms with Gasteiger partial charge < -0.3 is 9.53 Å². The normalized spacial score (nSPS) is 11.5. The summed E-state index contributed by atoms with van der Waals surface area (Å²) in [7, 11) is 0. The van der Waals surface area contributed by atoms with E-state index in [2.05, 4.69) is 64.2 Å². The lowest BCUT2D eigenvalue weighted by Crippen LogP contribution is -2.05. The van der Waals surface area contributed by atoms with Crippen LogP contribution in [0.3, 0.4) is 0 Å². The first-order valence-corrected chi connectivity index (χ1v) is 10.6. The number of nitrogens with zero attached hydrogens (tertiary/aromatic N) is 2. The highest BCUT2D eigenvalue weighted by Gasteiger charge is 2.06. The summed E-state index contributed by atoms with van der Waals surface area (Å²) >= 11 is 0. The van der Waals surface area contributed by atoms with Crippen LogP contribution in [0, 0.1) is 0 Å². The number of hydrogen-bond acceptors (Lipinski definition) is 3. The van der Waals surface area contributed by atoms with Gasteiger partial charge in [0.1, 0.15) is 18.4 Å². The summed E-state index contributed by atoms with van der Waals surface area (Å²) < 4.78 is 7.81. The van der Waals surface area contributed by atoms with E-state index < -0.39 is 0 Å². The molecule has 0 fully saturated rings. The number of aromatic nitrogens is 2. The summed E-state index contributed by atoms with van der Waals surface area (Å²) in [5.41, 5.74) is 6.48. The first-order valence-electron chi connectivity index (χ1n) is 10.6. The standard InChI is InChI=1S/C27H26N2O2/c1-20(2)31-25-14-12-24(13-15-25)29-19-28-26-18-23(11-16-27(26)29)10-9-22-7-5-21(6-8-22)4-3-17-30/h5-20H,3-4H2,1-2H3. The summed E-state index contributed by atoms with van der Waals surface area (Å²) in [5, 5.41) is 0. The van der Waals surface area contributed by atoms with Gasteiger partial charge in [0.15, 0.2) is 0 Å². The number of hydrogen-bond donors (Lipinski definition) is 0. The van der Waals surface area contributed by atoms with Crippen molar-refractivity contribution in [3.8, 4) is 11.4 Å². The van der Waals surface area contributed by atoms with Gasteiger partial charge in [-0.25, -0.2) is 4.98 Å². The Kier molecular flexibility index (Phi) is 6.27. The summed E-state index contributed by atoms with van der Waals surface area (Å²) in [6.45, 7) is 4.04. The minimum Gasteiger partial charge on any atom is -0.491 e. The second kappa shape index (κ2) is 9.43. The van der Waals surface area contributed by atoms with Crippen LogP contribution < -0.4 is 4.74 Å². The average Bonchev–Trinajstić information content (AvgIpc) is 3.20. The van der Waals surface area contributed by atoms with Crippen LogP contribution in [0.2, 0.25) is 0 Å². The fourth-order valence-corrected chi connectivity index (χ4v) is 3.51. The molecule has 4 heteroatoms. The number of ether oxygens (including phenoxy) is 1. The third-order valence-electron chi connectivity index (χ3n) is 5.06. The fourth-order valence-electron chi connectivity index (χ4n) is 3.51. The molecule has 0 saturated heterocycles. The van der Waals surface area contributed by atoms with Crippen molar-refractivity contribution < 1.29 is 9.53 Å². The molecule has 1 heterocycles. The van der Waals surface area contributed by atoms with Crippen LogP contribution >= 0.6 is 0 Å². The molecule has 0 N–H and O–H groups in total. The van der Waals surface area contributed by atoms with Crippen molar-refractivity contribution in [2.24, 2.45) is 0 Å². The quantitative estimate of drug-likeness (QED) is 0.260. The van der Waals surface area contributed by atoms with Gasteiger partial charge in [-0.3, -0.25) is 4.57 Å². The molecule has 0 unspecified atom stereocenters.